The molecule has 126 valence electrons. The van der Waals surface area contributed by atoms with Gasteiger partial charge in [-0.15, -0.1) is 0 Å². The van der Waals surface area contributed by atoms with Gasteiger partial charge in [0, 0.05) is 49.1 Å². The van der Waals surface area contributed by atoms with E-state index >= 15 is 0 Å². The fourth-order valence-corrected chi connectivity index (χ4v) is 3.47. The molecule has 2 heterocycles. The molecule has 0 aliphatic carbocycles. The third-order valence-corrected chi connectivity index (χ3v) is 4.92. The number of nitrogens with one attached hydrogen (secondary N) is 1. The molecule has 2 aromatic rings. The first-order chi connectivity index (χ1) is 11.8. The average Bonchev–Trinajstić information content (AvgIpc) is 2.67. The normalized spacial score (nSPS) is 14.3. The summed E-state index contributed by atoms with van der Waals surface area (Å²) in [4.78, 5) is 18.6. The summed E-state index contributed by atoms with van der Waals surface area (Å²) >= 11 is 2.01. The standard InChI is InChI=1S/C18H21N3O2S/c1-23-17-7-4-15(13-19-17)18(22)20-12-14-2-5-16(6-3-14)21-8-10-24-11-9-21/h2-7,13H,8-12H2,1H3,(H,20,22). The van der Waals surface area contributed by atoms with Gasteiger partial charge in [0.15, 0.2) is 0 Å². The summed E-state index contributed by atoms with van der Waals surface area (Å²) in [6, 6.07) is 11.8. The number of carbonyl (C=O) groups excluding carboxylic acids is 1. The smallest absolute Gasteiger partial charge is 0.253 e. The van der Waals surface area contributed by atoms with Crippen LogP contribution in [0.4, 0.5) is 5.69 Å². The van der Waals surface area contributed by atoms with Crippen LogP contribution < -0.4 is 15.0 Å². The number of anilines is 1. The van der Waals surface area contributed by atoms with Crippen molar-refractivity contribution in [2.24, 2.45) is 0 Å². The molecule has 0 unspecified atom stereocenters. The molecule has 0 saturated carbocycles. The van der Waals surface area contributed by atoms with Gasteiger partial charge in [-0.2, -0.15) is 11.8 Å². The van der Waals surface area contributed by atoms with Gasteiger partial charge in [-0.1, -0.05) is 12.1 Å². The Hall–Kier alpha value is -2.21. The minimum atomic E-state index is -0.137. The molecule has 0 bridgehead atoms. The Bertz CT molecular complexity index is 668. The highest BCUT2D eigenvalue weighted by Gasteiger charge is 2.11. The Morgan fingerprint density at radius 1 is 1.21 bits per heavy atom. The minimum Gasteiger partial charge on any atom is -0.481 e. The maximum Gasteiger partial charge on any atom is 0.253 e. The number of methoxy groups -OCH3 is 1. The van der Waals surface area contributed by atoms with Crippen LogP contribution in [0.1, 0.15) is 15.9 Å². The van der Waals surface area contributed by atoms with Gasteiger partial charge in [0.1, 0.15) is 0 Å². The van der Waals surface area contributed by atoms with E-state index in [-0.39, 0.29) is 5.91 Å². The molecule has 6 heteroatoms. The number of ether oxygens (including phenoxy) is 1. The highest BCUT2D eigenvalue weighted by molar-refractivity contribution is 7.99. The molecule has 1 aliphatic heterocycles. The first-order valence-electron chi connectivity index (χ1n) is 7.96. The minimum absolute atomic E-state index is 0.137. The Morgan fingerprint density at radius 2 is 1.96 bits per heavy atom. The molecule has 1 fully saturated rings. The molecule has 5 nitrogen and oxygen atoms in total. The summed E-state index contributed by atoms with van der Waals surface area (Å²) in [6.45, 7) is 2.71. The third-order valence-electron chi connectivity index (χ3n) is 3.97. The van der Waals surface area contributed by atoms with Crippen LogP contribution in [0.25, 0.3) is 0 Å². The Kier molecular flexibility index (Phi) is 5.59. The second-order valence-corrected chi connectivity index (χ2v) is 6.76. The molecule has 1 aromatic carbocycles. The topological polar surface area (TPSA) is 54.5 Å². The SMILES string of the molecule is COc1ccc(C(=O)NCc2ccc(N3CCSCC3)cc2)cn1. The zero-order valence-electron chi connectivity index (χ0n) is 13.7. The van der Waals surface area contributed by atoms with Crippen molar-refractivity contribution in [1.29, 1.82) is 0 Å². The molecular formula is C18H21N3O2S. The lowest BCUT2D eigenvalue weighted by Crippen LogP contribution is -2.32. The van der Waals surface area contributed by atoms with E-state index in [0.717, 1.165) is 18.7 Å². The van der Waals surface area contributed by atoms with Gasteiger partial charge < -0.3 is 15.0 Å². The van der Waals surface area contributed by atoms with Crippen molar-refractivity contribution in [3.05, 3.63) is 53.7 Å². The number of hydrogen-bond acceptors (Lipinski definition) is 5. The summed E-state index contributed by atoms with van der Waals surface area (Å²) in [5.41, 5.74) is 2.86. The highest BCUT2D eigenvalue weighted by atomic mass is 32.2. The third kappa shape index (κ3) is 4.20. The number of rotatable bonds is 5. The predicted molar refractivity (Wildman–Crippen MR) is 97.9 cm³/mol. The molecule has 1 amide bonds. The number of aromatic nitrogens is 1. The number of nitrogens with zero attached hydrogens (tertiary/aromatic N) is 2. The summed E-state index contributed by atoms with van der Waals surface area (Å²) in [5.74, 6) is 2.74. The lowest BCUT2D eigenvalue weighted by molar-refractivity contribution is 0.0950. The van der Waals surface area contributed by atoms with E-state index in [0.29, 0.717) is 18.0 Å². The van der Waals surface area contributed by atoms with Crippen molar-refractivity contribution >= 4 is 23.4 Å². The highest BCUT2D eigenvalue weighted by Crippen LogP contribution is 2.19. The molecule has 0 radical (unpaired) electrons. The number of benzene rings is 1. The molecule has 1 saturated heterocycles. The Morgan fingerprint density at radius 3 is 2.58 bits per heavy atom. The van der Waals surface area contributed by atoms with E-state index in [9.17, 15) is 4.79 Å². The van der Waals surface area contributed by atoms with Gasteiger partial charge in [0.2, 0.25) is 5.88 Å². The summed E-state index contributed by atoms with van der Waals surface area (Å²) in [6.07, 6.45) is 1.52. The second kappa shape index (κ2) is 8.06. The van der Waals surface area contributed by atoms with Crippen LogP contribution in [0.5, 0.6) is 5.88 Å². The van der Waals surface area contributed by atoms with Crippen molar-refractivity contribution in [2.45, 2.75) is 6.54 Å². The second-order valence-electron chi connectivity index (χ2n) is 5.54. The lowest BCUT2D eigenvalue weighted by Gasteiger charge is -2.28. The maximum absolute atomic E-state index is 12.1. The molecule has 3 rings (SSSR count). The predicted octanol–water partition coefficient (Wildman–Crippen LogP) is 2.57. The van der Waals surface area contributed by atoms with E-state index in [2.05, 4.69) is 39.5 Å². The van der Waals surface area contributed by atoms with Crippen LogP contribution in [-0.2, 0) is 6.54 Å². The maximum atomic E-state index is 12.1. The van der Waals surface area contributed by atoms with E-state index in [1.165, 1.54) is 23.4 Å². The quantitative estimate of drug-likeness (QED) is 0.904. The van der Waals surface area contributed by atoms with E-state index in [1.54, 1.807) is 19.2 Å². The van der Waals surface area contributed by atoms with Gasteiger partial charge in [0.05, 0.1) is 12.7 Å². The summed E-state index contributed by atoms with van der Waals surface area (Å²) in [5, 5.41) is 2.92. The zero-order valence-corrected chi connectivity index (χ0v) is 14.5. The van der Waals surface area contributed by atoms with Gasteiger partial charge in [-0.05, 0) is 23.8 Å². The number of thioether (sulfide) groups is 1. The summed E-state index contributed by atoms with van der Waals surface area (Å²) < 4.78 is 4.99. The van der Waals surface area contributed by atoms with E-state index < -0.39 is 0 Å². The van der Waals surface area contributed by atoms with Gasteiger partial charge in [-0.3, -0.25) is 4.79 Å². The van der Waals surface area contributed by atoms with Crippen LogP contribution in [-0.4, -0.2) is 42.6 Å². The largest absolute Gasteiger partial charge is 0.481 e. The van der Waals surface area contributed by atoms with Crippen molar-refractivity contribution < 1.29 is 9.53 Å². The fraction of sp³-hybridized carbons (Fsp3) is 0.333. The van der Waals surface area contributed by atoms with Gasteiger partial charge in [0.25, 0.3) is 5.91 Å². The Balaban J connectivity index is 1.54. The first kappa shape index (κ1) is 16.6. The first-order valence-corrected chi connectivity index (χ1v) is 9.11. The zero-order chi connectivity index (χ0) is 16.8. The van der Waals surface area contributed by atoms with Gasteiger partial charge >= 0.3 is 0 Å². The van der Waals surface area contributed by atoms with Crippen molar-refractivity contribution in [3.63, 3.8) is 0 Å². The molecule has 0 spiro atoms. The van der Waals surface area contributed by atoms with Crippen LogP contribution in [0, 0.1) is 0 Å². The van der Waals surface area contributed by atoms with Crippen molar-refractivity contribution in [2.75, 3.05) is 36.6 Å². The molecule has 1 N–H and O–H groups in total. The molecule has 24 heavy (non-hydrogen) atoms. The average molecular weight is 343 g/mol. The number of amides is 1. The molecular weight excluding hydrogens is 322 g/mol. The number of pyridine rings is 1. The van der Waals surface area contributed by atoms with Crippen LogP contribution in [0.15, 0.2) is 42.6 Å². The molecule has 0 atom stereocenters. The van der Waals surface area contributed by atoms with Crippen LogP contribution >= 0.6 is 11.8 Å². The van der Waals surface area contributed by atoms with Crippen LogP contribution in [0.3, 0.4) is 0 Å². The Labute approximate surface area is 146 Å². The number of carbonyl (C=O) groups is 1. The number of hydrogen-bond donors (Lipinski definition) is 1. The van der Waals surface area contributed by atoms with Crippen molar-refractivity contribution in [1.82, 2.24) is 10.3 Å². The lowest BCUT2D eigenvalue weighted by atomic mass is 10.2. The molecule has 1 aromatic heterocycles. The molecule has 1 aliphatic rings. The van der Waals surface area contributed by atoms with E-state index in [4.69, 9.17) is 4.74 Å². The monoisotopic (exact) mass is 343 g/mol. The fourth-order valence-electron chi connectivity index (χ4n) is 2.57. The summed E-state index contributed by atoms with van der Waals surface area (Å²) in [7, 11) is 1.55. The van der Waals surface area contributed by atoms with Gasteiger partial charge in [-0.25, -0.2) is 4.98 Å². The van der Waals surface area contributed by atoms with Crippen molar-refractivity contribution in [3.8, 4) is 5.88 Å². The van der Waals surface area contributed by atoms with Crippen LogP contribution in [0.2, 0.25) is 0 Å². The van der Waals surface area contributed by atoms with E-state index in [1.807, 2.05) is 11.8 Å².